The van der Waals surface area contributed by atoms with E-state index in [1.807, 2.05) is 0 Å². The molecule has 1 fully saturated rings. The Labute approximate surface area is 150 Å². The Kier molecular flexibility index (Phi) is 5.83. The van der Waals surface area contributed by atoms with Crippen LogP contribution in [0.15, 0.2) is 18.2 Å². The van der Waals surface area contributed by atoms with Crippen molar-refractivity contribution in [2.75, 3.05) is 18.4 Å². The van der Waals surface area contributed by atoms with Crippen LogP contribution < -0.4 is 5.32 Å². The summed E-state index contributed by atoms with van der Waals surface area (Å²) in [5.74, 6) is -0.951. The molecule has 0 saturated carbocycles. The maximum absolute atomic E-state index is 12.8. The molecule has 1 aliphatic heterocycles. The third-order valence-electron chi connectivity index (χ3n) is 3.83. The number of anilines is 1. The van der Waals surface area contributed by atoms with Crippen LogP contribution in [0.4, 0.5) is 23.7 Å². The molecule has 1 aromatic carbocycles. The molecule has 1 saturated heterocycles. The smallest absolute Gasteiger partial charge is 0.416 e. The van der Waals surface area contributed by atoms with Gasteiger partial charge in [-0.25, -0.2) is 4.79 Å². The zero-order valence-electron chi connectivity index (χ0n) is 14.9. The van der Waals surface area contributed by atoms with Gasteiger partial charge in [-0.05, 0) is 45.7 Å². The van der Waals surface area contributed by atoms with Crippen LogP contribution in [0.1, 0.15) is 39.2 Å². The molecular weight excluding hydrogens is 349 g/mol. The number of ether oxygens (including phenoxy) is 1. The summed E-state index contributed by atoms with van der Waals surface area (Å²) >= 11 is 0. The van der Waals surface area contributed by atoms with Crippen LogP contribution >= 0.6 is 0 Å². The number of piperidine rings is 1. The Hall–Kier alpha value is -2.25. The number of nitrogens with one attached hydrogen (secondary N) is 1. The molecule has 2 amide bonds. The molecule has 0 bridgehead atoms. The van der Waals surface area contributed by atoms with Crippen molar-refractivity contribution in [2.45, 2.75) is 45.4 Å². The second-order valence-electron chi connectivity index (χ2n) is 7.24. The lowest BCUT2D eigenvalue weighted by Gasteiger charge is -2.33. The van der Waals surface area contributed by atoms with Gasteiger partial charge in [0.25, 0.3) is 0 Å². The molecule has 26 heavy (non-hydrogen) atoms. The Morgan fingerprint density at radius 2 is 2.00 bits per heavy atom. The number of alkyl halides is 3. The molecule has 143 valence electrons. The van der Waals surface area contributed by atoms with E-state index in [9.17, 15) is 22.8 Å². The van der Waals surface area contributed by atoms with Gasteiger partial charge >= 0.3 is 12.3 Å². The van der Waals surface area contributed by atoms with Crippen molar-refractivity contribution in [3.05, 3.63) is 29.8 Å². The number of carbonyl (C=O) groups is 2. The van der Waals surface area contributed by atoms with Crippen molar-refractivity contribution in [2.24, 2.45) is 5.92 Å². The molecule has 8 heteroatoms. The van der Waals surface area contributed by atoms with Gasteiger partial charge in [-0.15, -0.1) is 0 Å². The van der Waals surface area contributed by atoms with Gasteiger partial charge < -0.3 is 15.0 Å². The van der Waals surface area contributed by atoms with Crippen LogP contribution in [-0.4, -0.2) is 35.6 Å². The van der Waals surface area contributed by atoms with Gasteiger partial charge in [-0.2, -0.15) is 13.2 Å². The lowest BCUT2D eigenvalue weighted by Crippen LogP contribution is -2.45. The number of hydrogen-bond acceptors (Lipinski definition) is 3. The molecule has 1 unspecified atom stereocenters. The van der Waals surface area contributed by atoms with E-state index in [0.29, 0.717) is 19.4 Å². The number of benzene rings is 1. The highest BCUT2D eigenvalue weighted by molar-refractivity contribution is 5.93. The zero-order valence-corrected chi connectivity index (χ0v) is 14.9. The lowest BCUT2D eigenvalue weighted by molar-refractivity contribution is -0.137. The van der Waals surface area contributed by atoms with E-state index in [2.05, 4.69) is 11.4 Å². The maximum Gasteiger partial charge on any atom is 0.416 e. The van der Waals surface area contributed by atoms with Crippen molar-refractivity contribution in [3.63, 3.8) is 0 Å². The van der Waals surface area contributed by atoms with Gasteiger partial charge in [-0.1, -0.05) is 6.07 Å². The molecule has 0 aliphatic carbocycles. The first-order valence-electron chi connectivity index (χ1n) is 8.33. The van der Waals surface area contributed by atoms with Gasteiger partial charge in [0.1, 0.15) is 5.60 Å². The van der Waals surface area contributed by atoms with E-state index in [4.69, 9.17) is 4.74 Å². The third kappa shape index (κ3) is 5.64. The first kappa shape index (κ1) is 20.1. The highest BCUT2D eigenvalue weighted by atomic mass is 19.4. The van der Waals surface area contributed by atoms with Crippen molar-refractivity contribution >= 4 is 17.7 Å². The minimum Gasteiger partial charge on any atom is -0.444 e. The average molecular weight is 371 g/mol. The van der Waals surface area contributed by atoms with Gasteiger partial charge in [0.05, 0.1) is 11.5 Å². The second-order valence-corrected chi connectivity index (χ2v) is 7.24. The van der Waals surface area contributed by atoms with Gasteiger partial charge in [-0.3, -0.25) is 4.79 Å². The Bertz CT molecular complexity index is 668. The van der Waals surface area contributed by atoms with Crippen LogP contribution in [0.5, 0.6) is 0 Å². The normalized spacial score (nSPS) is 18.4. The Morgan fingerprint density at radius 3 is 2.62 bits per heavy atom. The molecule has 1 N–H and O–H groups in total. The number of rotatable bonds is 2. The molecule has 1 heterocycles. The number of nitrogens with zero attached hydrogens (tertiary/aromatic N) is 1. The van der Waals surface area contributed by atoms with Crippen LogP contribution in [-0.2, 0) is 15.7 Å². The zero-order chi connectivity index (χ0) is 19.5. The van der Waals surface area contributed by atoms with Crippen LogP contribution in [0, 0.1) is 12.0 Å². The summed E-state index contributed by atoms with van der Waals surface area (Å²) in [6.45, 7) is 5.90. The van der Waals surface area contributed by atoms with Gasteiger partial charge in [0, 0.05) is 24.8 Å². The highest BCUT2D eigenvalue weighted by Crippen LogP contribution is 2.30. The monoisotopic (exact) mass is 371 g/mol. The molecule has 1 atom stereocenters. The summed E-state index contributed by atoms with van der Waals surface area (Å²) in [5.41, 5.74) is -1.54. The Balaban J connectivity index is 2.00. The van der Waals surface area contributed by atoms with Crippen molar-refractivity contribution < 1.29 is 27.5 Å². The van der Waals surface area contributed by atoms with Crippen LogP contribution in [0.2, 0.25) is 0 Å². The van der Waals surface area contributed by atoms with Crippen LogP contribution in [0.25, 0.3) is 0 Å². The number of carbonyl (C=O) groups excluding carboxylic acids is 2. The highest BCUT2D eigenvalue weighted by Gasteiger charge is 2.32. The first-order chi connectivity index (χ1) is 12.0. The van der Waals surface area contributed by atoms with Crippen molar-refractivity contribution in [1.29, 1.82) is 0 Å². The molecule has 1 aliphatic rings. The fourth-order valence-electron chi connectivity index (χ4n) is 2.63. The number of likely N-dealkylation sites (tertiary alicyclic amines) is 1. The summed E-state index contributed by atoms with van der Waals surface area (Å²) in [6.07, 6.45) is -3.83. The van der Waals surface area contributed by atoms with Gasteiger partial charge in [0.2, 0.25) is 5.91 Å². The first-order valence-corrected chi connectivity index (χ1v) is 8.33. The lowest BCUT2D eigenvalue weighted by atomic mass is 9.97. The van der Waals surface area contributed by atoms with Crippen molar-refractivity contribution in [1.82, 2.24) is 4.90 Å². The van der Waals surface area contributed by atoms with E-state index < -0.39 is 35.3 Å². The number of amides is 2. The van der Waals surface area contributed by atoms with E-state index in [1.54, 1.807) is 20.8 Å². The molecule has 1 aromatic rings. The predicted octanol–water partition coefficient (Wildman–Crippen LogP) is 4.09. The van der Waals surface area contributed by atoms with E-state index in [0.717, 1.165) is 18.2 Å². The van der Waals surface area contributed by atoms with E-state index in [-0.39, 0.29) is 12.2 Å². The molecule has 0 aromatic heterocycles. The SMILES string of the molecule is CC(C)(C)OC(=O)N1CCCC(C(=O)Nc2[c]ccc(C(F)(F)F)c2)C1. The molecule has 5 nitrogen and oxygen atoms in total. The summed E-state index contributed by atoms with van der Waals surface area (Å²) in [4.78, 5) is 26.0. The fourth-order valence-corrected chi connectivity index (χ4v) is 2.63. The average Bonchev–Trinajstić information content (AvgIpc) is 2.53. The summed E-state index contributed by atoms with van der Waals surface area (Å²) in [6, 6.07) is 5.43. The summed E-state index contributed by atoms with van der Waals surface area (Å²) in [7, 11) is 0. The third-order valence-corrected chi connectivity index (χ3v) is 3.83. The van der Waals surface area contributed by atoms with Crippen LogP contribution in [0.3, 0.4) is 0 Å². The summed E-state index contributed by atoms with van der Waals surface area (Å²) < 4.78 is 43.6. The standard InChI is InChI=1S/C18H22F3N2O3/c1-17(2,3)26-16(25)23-9-5-6-12(11-23)15(24)22-14-8-4-7-13(10-14)18(19,20)21/h4,7,10,12H,5-6,9,11H2,1-3H3,(H,22,24). The second kappa shape index (κ2) is 7.55. The topological polar surface area (TPSA) is 58.6 Å². The Morgan fingerprint density at radius 1 is 1.31 bits per heavy atom. The minimum atomic E-state index is -4.49. The summed E-state index contributed by atoms with van der Waals surface area (Å²) in [5, 5.41) is 2.46. The van der Waals surface area contributed by atoms with E-state index in [1.165, 1.54) is 4.90 Å². The minimum absolute atomic E-state index is 0.0424. The molecular formula is C18H22F3N2O3. The predicted molar refractivity (Wildman–Crippen MR) is 89.4 cm³/mol. The van der Waals surface area contributed by atoms with Gasteiger partial charge in [0.15, 0.2) is 0 Å². The fraction of sp³-hybridized carbons (Fsp3) is 0.556. The quantitative estimate of drug-likeness (QED) is 0.852. The molecule has 2 rings (SSSR count). The maximum atomic E-state index is 12.8. The number of halogens is 3. The molecule has 0 spiro atoms. The largest absolute Gasteiger partial charge is 0.444 e. The molecule has 1 radical (unpaired) electrons. The number of hydrogen-bond donors (Lipinski definition) is 1. The van der Waals surface area contributed by atoms with Crippen molar-refractivity contribution in [3.8, 4) is 0 Å². The van der Waals surface area contributed by atoms with E-state index >= 15 is 0 Å².